The van der Waals surface area contributed by atoms with Crippen LogP contribution in [-0.4, -0.2) is 76.9 Å². The Morgan fingerprint density at radius 2 is 1.71 bits per heavy atom. The number of H-pyrrole nitrogens is 1. The van der Waals surface area contributed by atoms with Crippen LogP contribution in [0.15, 0.2) is 35.5 Å². The van der Waals surface area contributed by atoms with Gasteiger partial charge in [0.25, 0.3) is 0 Å². The highest BCUT2D eigenvalue weighted by atomic mass is 16.4. The van der Waals surface area contributed by atoms with Gasteiger partial charge in [0.2, 0.25) is 23.6 Å². The van der Waals surface area contributed by atoms with Crippen LogP contribution < -0.4 is 38.9 Å². The Morgan fingerprint density at radius 3 is 2.37 bits per heavy atom. The number of hydrogen-bond acceptors (Lipinski definition) is 7. The molecule has 38 heavy (non-hydrogen) atoms. The van der Waals surface area contributed by atoms with E-state index in [4.69, 9.17) is 22.9 Å². The van der Waals surface area contributed by atoms with Gasteiger partial charge < -0.3 is 49.0 Å². The number of aromatic amines is 1. The molecule has 0 aliphatic rings. The van der Waals surface area contributed by atoms with Crippen LogP contribution in [-0.2, 0) is 30.4 Å². The number of aliphatic carboxylic acids is 1. The minimum Gasteiger partial charge on any atom is -0.480 e. The highest BCUT2D eigenvalue weighted by molar-refractivity contribution is 5.94. The van der Waals surface area contributed by atoms with Crippen molar-refractivity contribution in [2.45, 2.75) is 43.8 Å². The van der Waals surface area contributed by atoms with Crippen molar-refractivity contribution in [3.63, 3.8) is 0 Å². The molecular weight excluding hydrogens is 498 g/mol. The molecule has 3 atom stereocenters. The average molecular weight is 532 g/mol. The third-order valence-electron chi connectivity index (χ3n) is 5.49. The minimum absolute atomic E-state index is 0.0367. The van der Waals surface area contributed by atoms with Gasteiger partial charge in [-0.3, -0.25) is 24.2 Å². The summed E-state index contributed by atoms with van der Waals surface area (Å²) in [6.45, 7) is -0.365. The normalized spacial score (nSPS) is 13.1. The number of nitrogens with one attached hydrogen (secondary N) is 4. The predicted molar refractivity (Wildman–Crippen MR) is 138 cm³/mol. The zero-order valence-electron chi connectivity index (χ0n) is 20.6. The molecule has 0 saturated heterocycles. The lowest BCUT2D eigenvalue weighted by atomic mass is 10.0. The van der Waals surface area contributed by atoms with E-state index in [-0.39, 0.29) is 25.3 Å². The summed E-state index contributed by atoms with van der Waals surface area (Å²) in [5.41, 5.74) is 22.8. The van der Waals surface area contributed by atoms with Gasteiger partial charge in [-0.1, -0.05) is 18.2 Å². The van der Waals surface area contributed by atoms with Crippen molar-refractivity contribution >= 4 is 46.5 Å². The Bertz CT molecular complexity index is 1190. The van der Waals surface area contributed by atoms with Gasteiger partial charge in [-0.25, -0.2) is 4.79 Å². The number of aliphatic imine (C=N–C) groups is 1. The molecule has 1 aromatic carbocycles. The van der Waals surface area contributed by atoms with Crippen LogP contribution in [0.1, 0.15) is 24.8 Å². The molecule has 0 spiro atoms. The summed E-state index contributed by atoms with van der Waals surface area (Å²) in [7, 11) is 0. The van der Waals surface area contributed by atoms with E-state index in [1.165, 1.54) is 0 Å². The Balaban J connectivity index is 2.06. The molecule has 15 nitrogen and oxygen atoms in total. The van der Waals surface area contributed by atoms with Crippen LogP contribution in [0.25, 0.3) is 10.9 Å². The first kappa shape index (κ1) is 29.6. The summed E-state index contributed by atoms with van der Waals surface area (Å²) >= 11 is 0. The van der Waals surface area contributed by atoms with Crippen LogP contribution in [0.5, 0.6) is 0 Å². The number of guanidine groups is 1. The molecule has 0 bridgehead atoms. The zero-order chi connectivity index (χ0) is 28.2. The number of nitrogens with two attached hydrogens (primary N) is 4. The number of hydrogen-bond donors (Lipinski definition) is 9. The van der Waals surface area contributed by atoms with Gasteiger partial charge in [0.05, 0.1) is 19.0 Å². The summed E-state index contributed by atoms with van der Waals surface area (Å²) < 4.78 is 0. The van der Waals surface area contributed by atoms with Gasteiger partial charge in [-0.15, -0.1) is 0 Å². The monoisotopic (exact) mass is 531 g/mol. The summed E-state index contributed by atoms with van der Waals surface area (Å²) in [5.74, 6) is -4.43. The van der Waals surface area contributed by atoms with Crippen LogP contribution in [0.4, 0.5) is 0 Å². The van der Waals surface area contributed by atoms with E-state index >= 15 is 0 Å². The summed E-state index contributed by atoms with van der Waals surface area (Å²) in [4.78, 5) is 67.3. The SMILES string of the molecule is NC(=O)CC(N)C(=O)NC(Cc1c[nH]c2ccccc12)C(=O)NCC(=O)NC(CCCN=C(N)N)C(=O)O. The van der Waals surface area contributed by atoms with Crippen LogP contribution >= 0.6 is 0 Å². The van der Waals surface area contributed by atoms with Gasteiger partial charge in [0, 0.05) is 30.1 Å². The molecule has 2 rings (SSSR count). The van der Waals surface area contributed by atoms with E-state index in [0.717, 1.165) is 10.9 Å². The number of benzene rings is 1. The second-order valence-electron chi connectivity index (χ2n) is 8.53. The number of rotatable bonds is 15. The van der Waals surface area contributed by atoms with Gasteiger partial charge in [-0.2, -0.15) is 0 Å². The maximum atomic E-state index is 13.0. The van der Waals surface area contributed by atoms with Crippen molar-refractivity contribution in [3.05, 3.63) is 36.0 Å². The second kappa shape index (κ2) is 14.2. The van der Waals surface area contributed by atoms with E-state index in [2.05, 4.69) is 25.9 Å². The maximum absolute atomic E-state index is 13.0. The van der Waals surface area contributed by atoms with Crippen molar-refractivity contribution < 1.29 is 29.1 Å². The number of amides is 4. The third kappa shape index (κ3) is 9.42. The fourth-order valence-electron chi connectivity index (χ4n) is 3.61. The Labute approximate surface area is 217 Å². The number of aromatic nitrogens is 1. The molecule has 13 N–H and O–H groups in total. The van der Waals surface area contributed by atoms with Crippen molar-refractivity contribution in [1.82, 2.24) is 20.9 Å². The number of carboxylic acids is 1. The Morgan fingerprint density at radius 1 is 1.00 bits per heavy atom. The van der Waals surface area contributed by atoms with Crippen molar-refractivity contribution in [2.75, 3.05) is 13.1 Å². The molecule has 1 heterocycles. The number of nitrogens with zero attached hydrogens (tertiary/aromatic N) is 1. The van der Waals surface area contributed by atoms with Gasteiger partial charge in [0.1, 0.15) is 12.1 Å². The highest BCUT2D eigenvalue weighted by Gasteiger charge is 2.27. The number of fused-ring (bicyclic) bond motifs is 1. The molecule has 0 saturated carbocycles. The van der Waals surface area contributed by atoms with E-state index in [1.807, 2.05) is 24.3 Å². The maximum Gasteiger partial charge on any atom is 0.326 e. The molecule has 206 valence electrons. The lowest BCUT2D eigenvalue weighted by molar-refractivity contribution is -0.142. The third-order valence-corrected chi connectivity index (χ3v) is 5.49. The number of carbonyl (C=O) groups is 5. The second-order valence-corrected chi connectivity index (χ2v) is 8.53. The quantitative estimate of drug-likeness (QED) is 0.0648. The summed E-state index contributed by atoms with van der Waals surface area (Å²) in [6, 6.07) is 3.67. The van der Waals surface area contributed by atoms with Gasteiger partial charge in [-0.05, 0) is 24.5 Å². The smallest absolute Gasteiger partial charge is 0.326 e. The molecule has 2 aromatic rings. The average Bonchev–Trinajstić information content (AvgIpc) is 3.26. The summed E-state index contributed by atoms with van der Waals surface area (Å²) in [5, 5.41) is 17.4. The zero-order valence-corrected chi connectivity index (χ0v) is 20.6. The van der Waals surface area contributed by atoms with Gasteiger partial charge >= 0.3 is 5.97 Å². The molecule has 4 amide bonds. The van der Waals surface area contributed by atoms with Gasteiger partial charge in [0.15, 0.2) is 5.96 Å². The molecule has 0 aliphatic heterocycles. The first-order valence-electron chi connectivity index (χ1n) is 11.7. The first-order chi connectivity index (χ1) is 18.0. The molecular formula is C23H33N9O6. The number of carbonyl (C=O) groups excluding carboxylic acids is 4. The molecule has 0 aliphatic carbocycles. The lowest BCUT2D eigenvalue weighted by Crippen LogP contribution is -2.54. The molecule has 3 unspecified atom stereocenters. The fourth-order valence-corrected chi connectivity index (χ4v) is 3.61. The first-order valence-corrected chi connectivity index (χ1v) is 11.7. The number of carboxylic acid groups (broad SMARTS) is 1. The summed E-state index contributed by atoms with van der Waals surface area (Å²) in [6.07, 6.45) is 1.66. The fraction of sp³-hybridized carbons (Fsp3) is 0.391. The topological polar surface area (TPSA) is 274 Å². The van der Waals surface area contributed by atoms with Crippen molar-refractivity contribution in [1.29, 1.82) is 0 Å². The highest BCUT2D eigenvalue weighted by Crippen LogP contribution is 2.19. The standard InChI is InChI=1S/C23H33N9O6/c24-14(9-18(25)33)20(35)32-17(8-12-10-29-15-5-2-1-4-13(12)15)21(36)30-11-19(34)31-16(22(37)38)6-3-7-28-23(26)27/h1-2,4-5,10,14,16-17,29H,3,6-9,11,24H2,(H2,25,33)(H,30,36)(H,31,34)(H,32,35)(H,37,38)(H4,26,27,28). The van der Waals surface area contributed by atoms with Crippen LogP contribution in [0.2, 0.25) is 0 Å². The molecule has 0 radical (unpaired) electrons. The van der Waals surface area contributed by atoms with Crippen molar-refractivity contribution in [2.24, 2.45) is 27.9 Å². The number of primary amides is 1. The lowest BCUT2D eigenvalue weighted by Gasteiger charge is -2.21. The Hall–Kier alpha value is -4.66. The molecule has 15 heteroatoms. The predicted octanol–water partition coefficient (Wildman–Crippen LogP) is -2.86. The molecule has 0 fully saturated rings. The van der Waals surface area contributed by atoms with E-state index < -0.39 is 60.7 Å². The molecule has 1 aromatic heterocycles. The van der Waals surface area contributed by atoms with E-state index in [0.29, 0.717) is 12.0 Å². The Kier molecular flexibility index (Phi) is 11.0. The number of para-hydroxylation sites is 1. The van der Waals surface area contributed by atoms with E-state index in [9.17, 15) is 29.1 Å². The minimum atomic E-state index is -1.27. The largest absolute Gasteiger partial charge is 0.480 e. The van der Waals surface area contributed by atoms with E-state index in [1.54, 1.807) is 6.20 Å². The van der Waals surface area contributed by atoms with Crippen molar-refractivity contribution in [3.8, 4) is 0 Å². The van der Waals surface area contributed by atoms with Crippen LogP contribution in [0, 0.1) is 0 Å². The van der Waals surface area contributed by atoms with Crippen LogP contribution in [0.3, 0.4) is 0 Å².